The number of carbonyl (C=O) groups excluding carboxylic acids is 1. The van der Waals surface area contributed by atoms with E-state index in [2.05, 4.69) is 5.32 Å². The molecule has 3 nitrogen and oxygen atoms in total. The van der Waals surface area contributed by atoms with E-state index in [1.165, 1.54) is 0 Å². The molecular formula is C13H14F2N2O. The highest BCUT2D eigenvalue weighted by Gasteiger charge is 2.13. The van der Waals surface area contributed by atoms with Gasteiger partial charge in [-0.05, 0) is 24.6 Å². The summed E-state index contributed by atoms with van der Waals surface area (Å²) in [7, 11) is 0. The van der Waals surface area contributed by atoms with Gasteiger partial charge in [0.25, 0.3) is 0 Å². The Morgan fingerprint density at radius 1 is 1.50 bits per heavy atom. The Labute approximate surface area is 104 Å². The molecule has 0 radical (unpaired) electrons. The van der Waals surface area contributed by atoms with Gasteiger partial charge in [-0.25, -0.2) is 8.78 Å². The lowest BCUT2D eigenvalue weighted by Crippen LogP contribution is -2.35. The van der Waals surface area contributed by atoms with Crippen LogP contribution in [0.5, 0.6) is 0 Å². The number of hydrogen-bond acceptors (Lipinski definition) is 2. The number of carbonyl (C=O) groups is 1. The molecule has 0 aliphatic carbocycles. The Hall–Kier alpha value is -1.96. The van der Waals surface area contributed by atoms with Gasteiger partial charge in [0.2, 0.25) is 5.91 Å². The zero-order valence-electron chi connectivity index (χ0n) is 10.0. The summed E-state index contributed by atoms with van der Waals surface area (Å²) in [5, 5.41) is 11.2. The van der Waals surface area contributed by atoms with E-state index in [-0.39, 0.29) is 24.4 Å². The van der Waals surface area contributed by atoms with Gasteiger partial charge >= 0.3 is 0 Å². The maximum Gasteiger partial charge on any atom is 0.224 e. The first kappa shape index (κ1) is 14.1. The molecule has 1 unspecified atom stereocenters. The molecule has 0 bridgehead atoms. The minimum atomic E-state index is -0.611. The molecule has 0 spiro atoms. The summed E-state index contributed by atoms with van der Waals surface area (Å²) in [6.45, 7) is 1.84. The predicted molar refractivity (Wildman–Crippen MR) is 62.5 cm³/mol. The summed E-state index contributed by atoms with van der Waals surface area (Å²) in [6.07, 6.45) is 0.588. The first-order valence-electron chi connectivity index (χ1n) is 5.67. The van der Waals surface area contributed by atoms with Crippen LogP contribution in [0, 0.1) is 23.0 Å². The first-order valence-corrected chi connectivity index (χ1v) is 5.67. The Bertz CT molecular complexity index is 469. The highest BCUT2D eigenvalue weighted by molar-refractivity contribution is 5.78. The number of nitrogens with one attached hydrogen (secondary N) is 1. The van der Waals surface area contributed by atoms with Crippen molar-refractivity contribution in [2.24, 2.45) is 0 Å². The minimum Gasteiger partial charge on any atom is -0.352 e. The number of amides is 1. The average Bonchev–Trinajstić information content (AvgIpc) is 2.33. The lowest BCUT2D eigenvalue weighted by atomic mass is 10.1. The van der Waals surface area contributed by atoms with E-state index >= 15 is 0 Å². The number of rotatable bonds is 5. The van der Waals surface area contributed by atoms with Gasteiger partial charge in [0.15, 0.2) is 0 Å². The fraction of sp³-hybridized carbons (Fsp3) is 0.385. The van der Waals surface area contributed by atoms with Crippen LogP contribution in [0.4, 0.5) is 8.78 Å². The summed E-state index contributed by atoms with van der Waals surface area (Å²) in [5.74, 6) is -1.61. The second kappa shape index (κ2) is 6.70. The van der Waals surface area contributed by atoms with Gasteiger partial charge in [-0.15, -0.1) is 0 Å². The van der Waals surface area contributed by atoms with Crippen LogP contribution in [0.15, 0.2) is 18.2 Å². The maximum absolute atomic E-state index is 13.3. The maximum atomic E-state index is 13.3. The highest BCUT2D eigenvalue weighted by Crippen LogP contribution is 2.10. The summed E-state index contributed by atoms with van der Waals surface area (Å²) in [4.78, 5) is 11.6. The number of nitriles is 1. The zero-order chi connectivity index (χ0) is 13.5. The largest absolute Gasteiger partial charge is 0.352 e. The standard InChI is InChI=1S/C13H14F2N2O/c1-2-11(5-6-16)17-13(18)8-9-7-10(14)3-4-12(9)15/h3-4,7,11H,2,5,8H2,1H3,(H,17,18). The van der Waals surface area contributed by atoms with E-state index in [1.807, 2.05) is 13.0 Å². The number of nitrogens with zero attached hydrogens (tertiary/aromatic N) is 1. The second-order valence-corrected chi connectivity index (χ2v) is 3.95. The highest BCUT2D eigenvalue weighted by atomic mass is 19.1. The molecule has 1 amide bonds. The normalized spacial score (nSPS) is 11.7. The topological polar surface area (TPSA) is 52.9 Å². The van der Waals surface area contributed by atoms with Gasteiger partial charge in [0, 0.05) is 11.6 Å². The summed E-state index contributed by atoms with van der Waals surface area (Å²) in [5.41, 5.74) is 0.0133. The summed E-state index contributed by atoms with van der Waals surface area (Å²) < 4.78 is 26.2. The van der Waals surface area contributed by atoms with E-state index in [9.17, 15) is 13.6 Å². The molecule has 0 fully saturated rings. The third-order valence-corrected chi connectivity index (χ3v) is 2.55. The van der Waals surface area contributed by atoms with Gasteiger partial charge in [-0.3, -0.25) is 4.79 Å². The molecule has 96 valence electrons. The fourth-order valence-electron chi connectivity index (χ4n) is 1.54. The van der Waals surface area contributed by atoms with Crippen molar-refractivity contribution in [3.63, 3.8) is 0 Å². The van der Waals surface area contributed by atoms with Crippen LogP contribution < -0.4 is 5.32 Å². The zero-order valence-corrected chi connectivity index (χ0v) is 10.0. The third kappa shape index (κ3) is 4.13. The van der Waals surface area contributed by atoms with Gasteiger partial charge < -0.3 is 5.32 Å². The molecule has 18 heavy (non-hydrogen) atoms. The lowest BCUT2D eigenvalue weighted by molar-refractivity contribution is -0.121. The fourth-order valence-corrected chi connectivity index (χ4v) is 1.54. The first-order chi connectivity index (χ1) is 8.56. The van der Waals surface area contributed by atoms with Crippen molar-refractivity contribution in [3.05, 3.63) is 35.4 Å². The predicted octanol–water partition coefficient (Wildman–Crippen LogP) is 2.32. The Balaban J connectivity index is 2.64. The van der Waals surface area contributed by atoms with Gasteiger partial charge in [-0.1, -0.05) is 6.92 Å². The second-order valence-electron chi connectivity index (χ2n) is 3.95. The molecule has 1 aromatic carbocycles. The van der Waals surface area contributed by atoms with Crippen LogP contribution >= 0.6 is 0 Å². The van der Waals surface area contributed by atoms with Crippen LogP contribution in [-0.2, 0) is 11.2 Å². The summed E-state index contributed by atoms with van der Waals surface area (Å²) in [6, 6.07) is 4.70. The molecule has 1 aromatic rings. The van der Waals surface area contributed by atoms with E-state index in [0.29, 0.717) is 6.42 Å². The SMILES string of the molecule is CCC(CC#N)NC(=O)Cc1cc(F)ccc1F. The third-order valence-electron chi connectivity index (χ3n) is 2.55. The molecule has 0 saturated heterocycles. The molecule has 0 heterocycles. The molecule has 0 aliphatic heterocycles. The van der Waals surface area contributed by atoms with Crippen molar-refractivity contribution < 1.29 is 13.6 Å². The molecule has 0 aromatic heterocycles. The van der Waals surface area contributed by atoms with Crippen molar-refractivity contribution in [3.8, 4) is 6.07 Å². The van der Waals surface area contributed by atoms with Crippen LogP contribution in [0.1, 0.15) is 25.3 Å². The van der Waals surface area contributed by atoms with Crippen LogP contribution in [0.25, 0.3) is 0 Å². The van der Waals surface area contributed by atoms with Crippen molar-refractivity contribution >= 4 is 5.91 Å². The van der Waals surface area contributed by atoms with Crippen LogP contribution in [0.3, 0.4) is 0 Å². The lowest BCUT2D eigenvalue weighted by Gasteiger charge is -2.13. The molecule has 1 N–H and O–H groups in total. The minimum absolute atomic E-state index is 0.0133. The molecule has 0 aliphatic rings. The monoisotopic (exact) mass is 252 g/mol. The Kier molecular flexibility index (Phi) is 5.25. The number of benzene rings is 1. The van der Waals surface area contributed by atoms with E-state index < -0.39 is 17.5 Å². The average molecular weight is 252 g/mol. The summed E-state index contributed by atoms with van der Waals surface area (Å²) >= 11 is 0. The van der Waals surface area contributed by atoms with E-state index in [0.717, 1.165) is 18.2 Å². The van der Waals surface area contributed by atoms with Crippen LogP contribution in [0.2, 0.25) is 0 Å². The van der Waals surface area contributed by atoms with Gasteiger partial charge in [0.05, 0.1) is 18.9 Å². The van der Waals surface area contributed by atoms with Crippen LogP contribution in [-0.4, -0.2) is 11.9 Å². The quantitative estimate of drug-likeness (QED) is 0.874. The van der Waals surface area contributed by atoms with Gasteiger partial charge in [-0.2, -0.15) is 5.26 Å². The van der Waals surface area contributed by atoms with E-state index in [4.69, 9.17) is 5.26 Å². The molecule has 0 saturated carbocycles. The van der Waals surface area contributed by atoms with Crippen molar-refractivity contribution in [1.29, 1.82) is 5.26 Å². The van der Waals surface area contributed by atoms with E-state index in [1.54, 1.807) is 0 Å². The van der Waals surface area contributed by atoms with Crippen molar-refractivity contribution in [2.45, 2.75) is 32.2 Å². The van der Waals surface area contributed by atoms with Gasteiger partial charge in [0.1, 0.15) is 11.6 Å². The Morgan fingerprint density at radius 3 is 2.83 bits per heavy atom. The number of halogens is 2. The number of hydrogen-bond donors (Lipinski definition) is 1. The van der Waals surface area contributed by atoms with Crippen molar-refractivity contribution in [2.75, 3.05) is 0 Å². The molecule has 1 atom stereocenters. The van der Waals surface area contributed by atoms with Crippen molar-refractivity contribution in [1.82, 2.24) is 5.32 Å². The Morgan fingerprint density at radius 2 is 2.22 bits per heavy atom. The molecule has 5 heteroatoms. The molecule has 1 rings (SSSR count). The smallest absolute Gasteiger partial charge is 0.224 e. The molecular weight excluding hydrogens is 238 g/mol.